The lowest BCUT2D eigenvalue weighted by Crippen LogP contribution is -2.43. The average molecular weight is 553 g/mol. The minimum Gasteiger partial charge on any atom is -0.406 e. The standard InChI is InChI=1S/C23H20BrF3N4O4/c24-14-6-7-16-17(12-31(21(28)33)19(16)11-14)29-22(34)30-8-2-5-18(30)20(32)10-13-3-1-4-15(9-13)35-23(25,26)27/h1,3-4,6-7,9,11-12,18H,2,5,8,10H2,(H2,28,33)(H,29,34)/t18-/m0/s1. The van der Waals surface area contributed by atoms with Gasteiger partial charge < -0.3 is 20.7 Å². The van der Waals surface area contributed by atoms with Gasteiger partial charge in [-0.3, -0.25) is 9.36 Å². The Kier molecular flexibility index (Phi) is 6.75. The highest BCUT2D eigenvalue weighted by molar-refractivity contribution is 9.10. The van der Waals surface area contributed by atoms with Gasteiger partial charge in [-0.1, -0.05) is 28.1 Å². The summed E-state index contributed by atoms with van der Waals surface area (Å²) in [6.45, 7) is 0.333. The van der Waals surface area contributed by atoms with Crippen LogP contribution in [0.2, 0.25) is 0 Å². The zero-order chi connectivity index (χ0) is 25.3. The summed E-state index contributed by atoms with van der Waals surface area (Å²) in [5.74, 6) is -0.716. The van der Waals surface area contributed by atoms with Gasteiger partial charge in [-0.15, -0.1) is 13.2 Å². The fourth-order valence-corrected chi connectivity index (χ4v) is 4.53. The third-order valence-corrected chi connectivity index (χ3v) is 6.14. The zero-order valence-corrected chi connectivity index (χ0v) is 19.7. The lowest BCUT2D eigenvalue weighted by molar-refractivity contribution is -0.274. The molecule has 184 valence electrons. The van der Waals surface area contributed by atoms with Crippen LogP contribution in [0.1, 0.15) is 18.4 Å². The van der Waals surface area contributed by atoms with Gasteiger partial charge in [0.1, 0.15) is 5.75 Å². The third kappa shape index (κ3) is 5.59. The number of primary amides is 1. The van der Waals surface area contributed by atoms with Crippen molar-refractivity contribution >= 4 is 50.4 Å². The summed E-state index contributed by atoms with van der Waals surface area (Å²) in [5, 5.41) is 3.34. The van der Waals surface area contributed by atoms with E-state index in [0.29, 0.717) is 41.5 Å². The average Bonchev–Trinajstić information content (AvgIpc) is 3.38. The molecular weight excluding hydrogens is 533 g/mol. The molecule has 0 saturated carbocycles. The molecule has 1 aromatic heterocycles. The van der Waals surface area contributed by atoms with E-state index in [2.05, 4.69) is 26.0 Å². The highest BCUT2D eigenvalue weighted by atomic mass is 79.9. The van der Waals surface area contributed by atoms with Gasteiger partial charge in [-0.05, 0) is 48.7 Å². The van der Waals surface area contributed by atoms with Gasteiger partial charge in [0.2, 0.25) is 0 Å². The molecule has 1 atom stereocenters. The number of alkyl halides is 3. The molecule has 1 aliphatic heterocycles. The summed E-state index contributed by atoms with van der Waals surface area (Å²) >= 11 is 3.34. The second-order valence-corrected chi connectivity index (χ2v) is 8.95. The molecule has 3 amide bonds. The number of ether oxygens (including phenoxy) is 1. The van der Waals surface area contributed by atoms with Gasteiger partial charge in [0.15, 0.2) is 5.78 Å². The molecule has 3 aromatic rings. The van der Waals surface area contributed by atoms with Crippen LogP contribution in [-0.2, 0) is 11.2 Å². The van der Waals surface area contributed by atoms with E-state index in [0.717, 1.165) is 16.6 Å². The number of likely N-dealkylation sites (tertiary alicyclic amines) is 1. The number of aromatic nitrogens is 1. The van der Waals surface area contributed by atoms with Crippen LogP contribution in [0.4, 0.5) is 28.4 Å². The van der Waals surface area contributed by atoms with E-state index in [1.165, 1.54) is 27.8 Å². The van der Waals surface area contributed by atoms with Crippen LogP contribution in [0.5, 0.6) is 5.75 Å². The number of urea groups is 1. The number of hydrogen-bond donors (Lipinski definition) is 2. The Morgan fingerprint density at radius 3 is 2.66 bits per heavy atom. The second kappa shape index (κ2) is 9.61. The molecule has 8 nitrogen and oxygen atoms in total. The van der Waals surface area contributed by atoms with Gasteiger partial charge in [0.05, 0.1) is 17.2 Å². The quantitative estimate of drug-likeness (QED) is 0.462. The number of carbonyl (C=O) groups excluding carboxylic acids is 3. The van der Waals surface area contributed by atoms with Crippen molar-refractivity contribution in [3.63, 3.8) is 0 Å². The third-order valence-electron chi connectivity index (χ3n) is 5.64. The van der Waals surface area contributed by atoms with E-state index in [9.17, 15) is 27.6 Å². The van der Waals surface area contributed by atoms with Gasteiger partial charge in [0.25, 0.3) is 0 Å². The number of nitrogens with two attached hydrogens (primary N) is 1. The van der Waals surface area contributed by atoms with Gasteiger partial charge in [-0.25, -0.2) is 9.59 Å². The van der Waals surface area contributed by atoms with E-state index in [4.69, 9.17) is 5.73 Å². The fourth-order valence-electron chi connectivity index (χ4n) is 4.19. The number of hydrogen-bond acceptors (Lipinski definition) is 4. The van der Waals surface area contributed by atoms with Crippen LogP contribution in [0, 0.1) is 0 Å². The van der Waals surface area contributed by atoms with E-state index in [1.807, 2.05) is 0 Å². The molecule has 1 fully saturated rings. The number of rotatable bonds is 5. The number of fused-ring (bicyclic) bond motifs is 1. The number of amides is 3. The molecule has 0 spiro atoms. The van der Waals surface area contributed by atoms with Gasteiger partial charge in [-0.2, -0.15) is 0 Å². The SMILES string of the molecule is NC(=O)n1cc(NC(=O)N2CCC[C@H]2C(=O)Cc2cccc(OC(F)(F)F)c2)c2ccc(Br)cc21. The van der Waals surface area contributed by atoms with Crippen molar-refractivity contribution in [1.82, 2.24) is 9.47 Å². The van der Waals surface area contributed by atoms with Crippen LogP contribution in [0.15, 0.2) is 53.1 Å². The Labute approximate surface area is 205 Å². The van der Waals surface area contributed by atoms with Crippen molar-refractivity contribution in [2.24, 2.45) is 5.73 Å². The summed E-state index contributed by atoms with van der Waals surface area (Å²) in [4.78, 5) is 39.3. The summed E-state index contributed by atoms with van der Waals surface area (Å²) < 4.78 is 43.3. The molecule has 4 rings (SSSR count). The van der Waals surface area contributed by atoms with E-state index >= 15 is 0 Å². The summed E-state index contributed by atoms with van der Waals surface area (Å²) in [7, 11) is 0. The van der Waals surface area contributed by atoms with E-state index in [-0.39, 0.29) is 12.2 Å². The number of Topliss-reactive ketones (excluding diaryl/α,β-unsaturated/α-hetero) is 1. The maximum atomic E-state index is 13.1. The highest BCUT2D eigenvalue weighted by Crippen LogP contribution is 2.30. The molecule has 0 unspecified atom stereocenters. The van der Waals surface area contributed by atoms with E-state index < -0.39 is 30.2 Å². The lowest BCUT2D eigenvalue weighted by Gasteiger charge is -2.24. The smallest absolute Gasteiger partial charge is 0.406 e. The van der Waals surface area contributed by atoms with Crippen LogP contribution in [0.25, 0.3) is 10.9 Å². The van der Waals surface area contributed by atoms with E-state index in [1.54, 1.807) is 18.2 Å². The Morgan fingerprint density at radius 1 is 1.17 bits per heavy atom. The van der Waals surface area contributed by atoms with Crippen molar-refractivity contribution < 1.29 is 32.3 Å². The minimum absolute atomic E-state index is 0.154. The number of benzene rings is 2. The molecule has 3 N–H and O–H groups in total. The second-order valence-electron chi connectivity index (χ2n) is 8.03. The molecule has 1 aliphatic rings. The molecule has 2 heterocycles. The number of halogens is 4. The largest absolute Gasteiger partial charge is 0.573 e. The van der Waals surface area contributed by atoms with Crippen molar-refractivity contribution in [1.29, 1.82) is 0 Å². The first-order valence-corrected chi connectivity index (χ1v) is 11.4. The number of nitrogens with one attached hydrogen (secondary N) is 1. The lowest BCUT2D eigenvalue weighted by atomic mass is 10.0. The zero-order valence-electron chi connectivity index (χ0n) is 18.1. The normalized spacial score (nSPS) is 15.9. The van der Waals surface area contributed by atoms with Crippen molar-refractivity contribution in [3.8, 4) is 5.75 Å². The molecule has 0 radical (unpaired) electrons. The predicted molar refractivity (Wildman–Crippen MR) is 125 cm³/mol. The minimum atomic E-state index is -4.84. The molecular formula is C23H20BrF3N4O4. The summed E-state index contributed by atoms with van der Waals surface area (Å²) in [6.07, 6.45) is -2.55. The van der Waals surface area contributed by atoms with Crippen LogP contribution >= 0.6 is 15.9 Å². The van der Waals surface area contributed by atoms with Crippen molar-refractivity contribution in [2.75, 3.05) is 11.9 Å². The molecule has 0 aliphatic carbocycles. The first kappa shape index (κ1) is 24.6. The number of carbonyl (C=O) groups is 3. The molecule has 1 saturated heterocycles. The predicted octanol–water partition coefficient (Wildman–Crippen LogP) is 5.04. The maximum absolute atomic E-state index is 13.1. The fraction of sp³-hybridized carbons (Fsp3) is 0.261. The Morgan fingerprint density at radius 2 is 1.94 bits per heavy atom. The van der Waals surface area contributed by atoms with Crippen molar-refractivity contribution in [2.45, 2.75) is 31.7 Å². The highest BCUT2D eigenvalue weighted by Gasteiger charge is 2.35. The van der Waals surface area contributed by atoms with Crippen LogP contribution in [0.3, 0.4) is 0 Å². The first-order valence-electron chi connectivity index (χ1n) is 10.6. The van der Waals surface area contributed by atoms with Crippen molar-refractivity contribution in [3.05, 3.63) is 58.7 Å². The number of nitrogens with zero attached hydrogens (tertiary/aromatic N) is 2. The van der Waals surface area contributed by atoms with Crippen LogP contribution < -0.4 is 15.8 Å². The molecule has 2 aromatic carbocycles. The topological polar surface area (TPSA) is 107 Å². The summed E-state index contributed by atoms with van der Waals surface area (Å²) in [5.41, 5.74) is 6.64. The Bertz CT molecular complexity index is 1310. The molecule has 0 bridgehead atoms. The van der Waals surface area contributed by atoms with Gasteiger partial charge >= 0.3 is 18.4 Å². The van der Waals surface area contributed by atoms with Gasteiger partial charge in [0, 0.05) is 29.0 Å². The molecule has 12 heteroatoms. The molecule has 35 heavy (non-hydrogen) atoms. The van der Waals surface area contributed by atoms with Crippen LogP contribution in [-0.4, -0.2) is 46.3 Å². The first-order chi connectivity index (χ1) is 16.5. The number of ketones is 1. The Balaban J connectivity index is 1.49. The monoisotopic (exact) mass is 552 g/mol. The Hall–Kier alpha value is -3.54. The maximum Gasteiger partial charge on any atom is 0.573 e. The number of anilines is 1. The summed E-state index contributed by atoms with van der Waals surface area (Å²) in [6, 6.07) is 8.38.